The van der Waals surface area contributed by atoms with Crippen molar-refractivity contribution in [1.29, 1.82) is 0 Å². The van der Waals surface area contributed by atoms with E-state index in [2.05, 4.69) is 19.2 Å². The van der Waals surface area contributed by atoms with Gasteiger partial charge in [-0.15, -0.1) is 0 Å². The molecule has 2 atom stereocenters. The van der Waals surface area contributed by atoms with Crippen LogP contribution in [-0.2, 0) is 4.74 Å². The molecule has 0 aromatic carbocycles. The molecule has 0 aromatic rings. The van der Waals surface area contributed by atoms with Gasteiger partial charge in [0.15, 0.2) is 0 Å². The lowest BCUT2D eigenvalue weighted by Crippen LogP contribution is -2.32. The molecule has 1 aliphatic rings. The maximum Gasteiger partial charge on any atom is 0.0497 e. The number of ether oxygens (including phenoxy) is 1. The van der Waals surface area contributed by atoms with Gasteiger partial charge < -0.3 is 15.2 Å². The highest BCUT2D eigenvalue weighted by Crippen LogP contribution is 2.24. The van der Waals surface area contributed by atoms with E-state index in [4.69, 9.17) is 4.74 Å². The Morgan fingerprint density at radius 3 is 2.80 bits per heavy atom. The summed E-state index contributed by atoms with van der Waals surface area (Å²) in [6, 6.07) is 0.534. The van der Waals surface area contributed by atoms with E-state index >= 15 is 0 Å². The van der Waals surface area contributed by atoms with Crippen LogP contribution in [-0.4, -0.2) is 37.5 Å². The Morgan fingerprint density at radius 1 is 1.47 bits per heavy atom. The molecule has 15 heavy (non-hydrogen) atoms. The first kappa shape index (κ1) is 12.9. The fourth-order valence-electron chi connectivity index (χ4n) is 2.17. The second-order valence-electron chi connectivity index (χ2n) is 4.82. The first-order chi connectivity index (χ1) is 7.24. The minimum Gasteiger partial charge on any atom is -0.396 e. The average Bonchev–Trinajstić information content (AvgIpc) is 2.25. The highest BCUT2D eigenvalue weighted by atomic mass is 16.5. The summed E-state index contributed by atoms with van der Waals surface area (Å²) >= 11 is 0. The predicted octanol–water partition coefficient (Wildman–Crippen LogP) is 1.41. The van der Waals surface area contributed by atoms with Crippen LogP contribution in [0.5, 0.6) is 0 Å². The van der Waals surface area contributed by atoms with Crippen molar-refractivity contribution in [3.8, 4) is 0 Å². The van der Waals surface area contributed by atoms with Gasteiger partial charge in [0.25, 0.3) is 0 Å². The number of hydrogen-bond donors (Lipinski definition) is 2. The van der Waals surface area contributed by atoms with Crippen molar-refractivity contribution < 1.29 is 9.84 Å². The van der Waals surface area contributed by atoms with E-state index in [1.54, 1.807) is 0 Å². The molecule has 0 bridgehead atoms. The Labute approximate surface area is 93.2 Å². The van der Waals surface area contributed by atoms with E-state index in [0.29, 0.717) is 24.5 Å². The topological polar surface area (TPSA) is 41.5 Å². The highest BCUT2D eigenvalue weighted by molar-refractivity contribution is 4.73. The molecule has 90 valence electrons. The van der Waals surface area contributed by atoms with Gasteiger partial charge in [-0.1, -0.05) is 13.8 Å². The Kier molecular flexibility index (Phi) is 6.22. The van der Waals surface area contributed by atoms with E-state index in [0.717, 1.165) is 32.6 Å². The molecule has 3 nitrogen and oxygen atoms in total. The second-order valence-corrected chi connectivity index (χ2v) is 4.82. The van der Waals surface area contributed by atoms with Crippen molar-refractivity contribution in [2.75, 3.05) is 26.4 Å². The lowest BCUT2D eigenvalue weighted by atomic mass is 9.86. The van der Waals surface area contributed by atoms with E-state index in [-0.39, 0.29) is 0 Å². The Hall–Kier alpha value is -0.120. The van der Waals surface area contributed by atoms with Crippen LogP contribution in [0.4, 0.5) is 0 Å². The first-order valence-corrected chi connectivity index (χ1v) is 6.16. The van der Waals surface area contributed by atoms with Gasteiger partial charge in [0.2, 0.25) is 0 Å². The van der Waals surface area contributed by atoms with Crippen molar-refractivity contribution in [2.45, 2.75) is 39.2 Å². The number of nitrogens with one attached hydrogen (secondary N) is 1. The van der Waals surface area contributed by atoms with Gasteiger partial charge in [-0.2, -0.15) is 0 Å². The quantitative estimate of drug-likeness (QED) is 0.704. The van der Waals surface area contributed by atoms with Crippen molar-refractivity contribution in [3.05, 3.63) is 0 Å². The van der Waals surface area contributed by atoms with Gasteiger partial charge in [0.1, 0.15) is 0 Å². The van der Waals surface area contributed by atoms with Crippen LogP contribution in [0.1, 0.15) is 33.1 Å². The fraction of sp³-hybridized carbons (Fsp3) is 1.00. The van der Waals surface area contributed by atoms with Crippen LogP contribution < -0.4 is 5.32 Å². The van der Waals surface area contributed by atoms with E-state index in [9.17, 15) is 5.11 Å². The van der Waals surface area contributed by atoms with Gasteiger partial charge in [-0.25, -0.2) is 0 Å². The van der Waals surface area contributed by atoms with Gasteiger partial charge in [0, 0.05) is 25.9 Å². The van der Waals surface area contributed by atoms with E-state index in [1.165, 1.54) is 6.42 Å². The van der Waals surface area contributed by atoms with E-state index in [1.807, 2.05) is 0 Å². The number of aliphatic hydroxyl groups excluding tert-OH is 1. The predicted molar refractivity (Wildman–Crippen MR) is 61.9 cm³/mol. The SMILES string of the molecule is CC(C)NCCC(CO)C1CCCOC1. The third-order valence-corrected chi connectivity index (χ3v) is 3.16. The average molecular weight is 215 g/mol. The zero-order valence-electron chi connectivity index (χ0n) is 10.0. The molecule has 1 saturated heterocycles. The van der Waals surface area contributed by atoms with Crippen molar-refractivity contribution in [2.24, 2.45) is 11.8 Å². The monoisotopic (exact) mass is 215 g/mol. The van der Waals surface area contributed by atoms with Gasteiger partial charge in [-0.05, 0) is 37.6 Å². The lowest BCUT2D eigenvalue weighted by Gasteiger charge is -2.29. The normalized spacial score (nSPS) is 24.4. The standard InChI is InChI=1S/C12H25NO2/c1-10(2)13-6-5-11(8-14)12-4-3-7-15-9-12/h10-14H,3-9H2,1-2H3. The summed E-state index contributed by atoms with van der Waals surface area (Å²) in [5.74, 6) is 0.981. The smallest absolute Gasteiger partial charge is 0.0497 e. The fourth-order valence-corrected chi connectivity index (χ4v) is 2.17. The van der Waals surface area contributed by atoms with Crippen molar-refractivity contribution >= 4 is 0 Å². The molecule has 0 saturated carbocycles. The van der Waals surface area contributed by atoms with Crippen LogP contribution >= 0.6 is 0 Å². The molecular formula is C12H25NO2. The van der Waals surface area contributed by atoms with Crippen LogP contribution in [0.2, 0.25) is 0 Å². The van der Waals surface area contributed by atoms with Crippen LogP contribution in [0, 0.1) is 11.8 Å². The van der Waals surface area contributed by atoms with Gasteiger partial charge in [-0.3, -0.25) is 0 Å². The zero-order chi connectivity index (χ0) is 11.1. The first-order valence-electron chi connectivity index (χ1n) is 6.16. The molecular weight excluding hydrogens is 190 g/mol. The minimum atomic E-state index is 0.299. The second kappa shape index (κ2) is 7.20. The molecule has 0 aromatic heterocycles. The molecule has 1 aliphatic heterocycles. The Morgan fingerprint density at radius 2 is 2.27 bits per heavy atom. The third kappa shape index (κ3) is 4.96. The lowest BCUT2D eigenvalue weighted by molar-refractivity contribution is 0.0142. The maximum atomic E-state index is 9.36. The molecule has 0 amide bonds. The summed E-state index contributed by atoms with van der Waals surface area (Å²) in [4.78, 5) is 0. The van der Waals surface area contributed by atoms with Crippen LogP contribution in [0.15, 0.2) is 0 Å². The molecule has 0 aliphatic carbocycles. The summed E-state index contributed by atoms with van der Waals surface area (Å²) in [7, 11) is 0. The Balaban J connectivity index is 2.21. The summed E-state index contributed by atoms with van der Waals surface area (Å²) in [6.45, 7) is 7.34. The zero-order valence-corrected chi connectivity index (χ0v) is 10.0. The van der Waals surface area contributed by atoms with Crippen LogP contribution in [0.25, 0.3) is 0 Å². The number of aliphatic hydroxyl groups is 1. The molecule has 0 radical (unpaired) electrons. The highest BCUT2D eigenvalue weighted by Gasteiger charge is 2.23. The van der Waals surface area contributed by atoms with Crippen molar-refractivity contribution in [3.63, 3.8) is 0 Å². The maximum absolute atomic E-state index is 9.36. The molecule has 1 fully saturated rings. The number of rotatable bonds is 6. The third-order valence-electron chi connectivity index (χ3n) is 3.16. The van der Waals surface area contributed by atoms with Crippen LogP contribution in [0.3, 0.4) is 0 Å². The summed E-state index contributed by atoms with van der Waals surface area (Å²) in [5.41, 5.74) is 0. The van der Waals surface area contributed by atoms with Gasteiger partial charge in [0.05, 0.1) is 0 Å². The molecule has 0 spiro atoms. The summed E-state index contributed by atoms with van der Waals surface area (Å²) in [6.07, 6.45) is 3.42. The molecule has 2 unspecified atom stereocenters. The van der Waals surface area contributed by atoms with Crippen molar-refractivity contribution in [1.82, 2.24) is 5.32 Å². The van der Waals surface area contributed by atoms with Gasteiger partial charge >= 0.3 is 0 Å². The largest absolute Gasteiger partial charge is 0.396 e. The van der Waals surface area contributed by atoms with E-state index < -0.39 is 0 Å². The molecule has 3 heteroatoms. The summed E-state index contributed by atoms with van der Waals surface area (Å²) < 4.78 is 5.46. The molecule has 2 N–H and O–H groups in total. The minimum absolute atomic E-state index is 0.299. The Bertz CT molecular complexity index is 156. The molecule has 1 rings (SSSR count). The molecule has 1 heterocycles. The summed E-state index contributed by atoms with van der Waals surface area (Å²) in [5, 5.41) is 12.8. The number of hydrogen-bond acceptors (Lipinski definition) is 3.